The van der Waals surface area contributed by atoms with Crippen LogP contribution in [0.25, 0.3) is 22.1 Å². The summed E-state index contributed by atoms with van der Waals surface area (Å²) in [5.41, 5.74) is 1.62. The zero-order valence-corrected chi connectivity index (χ0v) is 18.9. The highest BCUT2D eigenvalue weighted by Gasteiger charge is 2.29. The van der Waals surface area contributed by atoms with E-state index in [-0.39, 0.29) is 16.7 Å². The zero-order valence-electron chi connectivity index (χ0n) is 18.1. The Kier molecular flexibility index (Phi) is 6.34. The fourth-order valence-electron chi connectivity index (χ4n) is 4.28. The number of pyridine rings is 1. The second-order valence-corrected chi connectivity index (χ2v) is 11.2. The first kappa shape index (κ1) is 21.8. The van der Waals surface area contributed by atoms with Crippen LogP contribution in [-0.4, -0.2) is 65.5 Å². The molecule has 31 heavy (non-hydrogen) atoms. The summed E-state index contributed by atoms with van der Waals surface area (Å²) < 4.78 is 31.2. The number of imidazole rings is 1. The molecule has 168 valence electrons. The third-order valence-corrected chi connectivity index (χ3v) is 8.12. The molecule has 0 saturated carbocycles. The Morgan fingerprint density at radius 2 is 1.97 bits per heavy atom. The van der Waals surface area contributed by atoms with E-state index in [1.54, 1.807) is 0 Å². The number of aromatic amines is 2. The number of hydrogen-bond donors (Lipinski definition) is 2. The van der Waals surface area contributed by atoms with Crippen LogP contribution in [0.5, 0.6) is 5.75 Å². The Morgan fingerprint density at radius 1 is 1.19 bits per heavy atom. The molecule has 0 atom stereocenters. The van der Waals surface area contributed by atoms with Crippen LogP contribution in [-0.2, 0) is 9.84 Å². The summed E-state index contributed by atoms with van der Waals surface area (Å²) in [4.78, 5) is 23.6. The maximum atomic E-state index is 12.7. The van der Waals surface area contributed by atoms with Gasteiger partial charge < -0.3 is 14.6 Å². The van der Waals surface area contributed by atoms with Crippen LogP contribution in [0.1, 0.15) is 33.1 Å². The smallest absolute Gasteiger partial charge is 0.325 e. The number of nitrogens with one attached hydrogen (secondary N) is 2. The number of H-pyrrole nitrogens is 2. The normalized spacial score (nSPS) is 16.5. The second kappa shape index (κ2) is 9.00. The van der Waals surface area contributed by atoms with E-state index in [0.29, 0.717) is 35.9 Å². The summed E-state index contributed by atoms with van der Waals surface area (Å²) in [7, 11) is -3.10. The minimum Gasteiger partial charge on any atom is -0.494 e. The first-order chi connectivity index (χ1) is 14.8. The van der Waals surface area contributed by atoms with Crippen molar-refractivity contribution in [1.29, 1.82) is 0 Å². The van der Waals surface area contributed by atoms with E-state index in [1.807, 2.05) is 24.3 Å². The van der Waals surface area contributed by atoms with Crippen molar-refractivity contribution in [2.75, 3.05) is 32.0 Å². The van der Waals surface area contributed by atoms with E-state index in [9.17, 15) is 13.2 Å². The van der Waals surface area contributed by atoms with Gasteiger partial charge in [-0.3, -0.25) is 4.98 Å². The molecule has 0 spiro atoms. The molecule has 1 fully saturated rings. The third kappa shape index (κ3) is 5.27. The molecule has 0 amide bonds. The summed E-state index contributed by atoms with van der Waals surface area (Å²) >= 11 is 0. The lowest BCUT2D eigenvalue weighted by Gasteiger charge is -2.32. The third-order valence-electron chi connectivity index (χ3n) is 5.77. The van der Waals surface area contributed by atoms with E-state index >= 15 is 0 Å². The van der Waals surface area contributed by atoms with E-state index in [0.717, 1.165) is 43.4 Å². The van der Waals surface area contributed by atoms with E-state index in [4.69, 9.17) is 4.74 Å². The topological polar surface area (TPSA) is 108 Å². The van der Waals surface area contributed by atoms with Gasteiger partial charge in [0, 0.05) is 11.9 Å². The maximum Gasteiger partial charge on any atom is 0.325 e. The van der Waals surface area contributed by atoms with Gasteiger partial charge in [-0.1, -0.05) is 13.8 Å². The van der Waals surface area contributed by atoms with Gasteiger partial charge in [-0.2, -0.15) is 0 Å². The van der Waals surface area contributed by atoms with Crippen LogP contribution in [0.15, 0.2) is 29.1 Å². The molecule has 1 saturated heterocycles. The lowest BCUT2D eigenvalue weighted by atomic mass is 10.1. The molecule has 0 radical (unpaired) electrons. The van der Waals surface area contributed by atoms with Crippen LogP contribution in [0.3, 0.4) is 0 Å². The molecular formula is C22H30N4O4S. The van der Waals surface area contributed by atoms with E-state index in [2.05, 4.69) is 33.7 Å². The summed E-state index contributed by atoms with van der Waals surface area (Å²) in [5.74, 6) is 1.42. The van der Waals surface area contributed by atoms with Gasteiger partial charge >= 0.3 is 5.69 Å². The van der Waals surface area contributed by atoms with Gasteiger partial charge in [-0.25, -0.2) is 18.2 Å². The minimum absolute atomic E-state index is 0.155. The molecule has 2 aromatic heterocycles. The van der Waals surface area contributed by atoms with Crippen LogP contribution in [0.4, 0.5) is 0 Å². The summed E-state index contributed by atoms with van der Waals surface area (Å²) in [6.07, 6.45) is 1.92. The number of benzene rings is 1. The SMILES string of the molecule is CC(C)CN1CCC(S(=O)(=O)CCCOc2ccc3nc4[nH]c(=O)[nH]c4cc3c2)CC1. The van der Waals surface area contributed by atoms with E-state index in [1.165, 1.54) is 0 Å². The lowest BCUT2D eigenvalue weighted by molar-refractivity contribution is 0.207. The number of nitrogens with zero attached hydrogens (tertiary/aromatic N) is 2. The Labute approximate surface area is 181 Å². The number of likely N-dealkylation sites (tertiary alicyclic amines) is 1. The predicted molar refractivity (Wildman–Crippen MR) is 122 cm³/mol. The number of fused-ring (bicyclic) bond motifs is 2. The van der Waals surface area contributed by atoms with Gasteiger partial charge in [-0.15, -0.1) is 0 Å². The highest BCUT2D eigenvalue weighted by atomic mass is 32.2. The van der Waals surface area contributed by atoms with Gasteiger partial charge in [0.25, 0.3) is 0 Å². The van der Waals surface area contributed by atoms with Crippen molar-refractivity contribution in [3.8, 4) is 5.75 Å². The van der Waals surface area contributed by atoms with Crippen LogP contribution < -0.4 is 10.4 Å². The predicted octanol–water partition coefficient (Wildman–Crippen LogP) is 2.71. The molecule has 4 rings (SSSR count). The van der Waals surface area contributed by atoms with Crippen molar-refractivity contribution in [3.05, 3.63) is 34.7 Å². The number of piperidine rings is 1. The molecule has 0 bridgehead atoms. The lowest BCUT2D eigenvalue weighted by Crippen LogP contribution is -2.41. The van der Waals surface area contributed by atoms with Gasteiger partial charge in [0.05, 0.1) is 28.6 Å². The average Bonchev–Trinajstić information content (AvgIpc) is 3.08. The van der Waals surface area contributed by atoms with Crippen LogP contribution in [0, 0.1) is 5.92 Å². The Bertz CT molecular complexity index is 1210. The standard InChI is InChI=1S/C22H30N4O4S/c1-15(2)14-26-8-6-18(7-9-26)31(28,29)11-3-10-30-17-4-5-19-16(12-17)13-20-21(23-19)25-22(27)24-20/h4-5,12-13,15,18H,3,6-11,14H2,1-2H3,(H2,23,24,25,27). The molecule has 1 aliphatic rings. The maximum absolute atomic E-state index is 12.7. The fraction of sp³-hybridized carbons (Fsp3) is 0.545. The van der Waals surface area contributed by atoms with Crippen molar-refractivity contribution in [1.82, 2.24) is 19.9 Å². The molecule has 1 aliphatic heterocycles. The molecule has 0 aliphatic carbocycles. The first-order valence-electron chi connectivity index (χ1n) is 10.9. The van der Waals surface area contributed by atoms with Crippen LogP contribution in [0.2, 0.25) is 0 Å². The molecular weight excluding hydrogens is 416 g/mol. The largest absolute Gasteiger partial charge is 0.494 e. The molecule has 2 N–H and O–H groups in total. The number of aromatic nitrogens is 3. The average molecular weight is 447 g/mol. The molecule has 1 aromatic carbocycles. The van der Waals surface area contributed by atoms with Crippen LogP contribution >= 0.6 is 0 Å². The molecule has 9 heteroatoms. The monoisotopic (exact) mass is 446 g/mol. The molecule has 3 aromatic rings. The highest BCUT2D eigenvalue weighted by molar-refractivity contribution is 7.92. The molecule has 3 heterocycles. The quantitative estimate of drug-likeness (QED) is 0.515. The van der Waals surface area contributed by atoms with Crippen molar-refractivity contribution in [2.24, 2.45) is 5.92 Å². The first-order valence-corrected chi connectivity index (χ1v) is 12.6. The number of rotatable bonds is 8. The second-order valence-electron chi connectivity index (χ2n) is 8.78. The zero-order chi connectivity index (χ0) is 22.0. The van der Waals surface area contributed by atoms with Crippen molar-refractivity contribution < 1.29 is 13.2 Å². The Hall–Kier alpha value is -2.39. The molecule has 0 unspecified atom stereocenters. The number of sulfone groups is 1. The minimum atomic E-state index is -3.10. The van der Waals surface area contributed by atoms with Crippen molar-refractivity contribution in [2.45, 2.75) is 38.4 Å². The summed E-state index contributed by atoms with van der Waals surface area (Å²) in [6.45, 7) is 7.49. The van der Waals surface area contributed by atoms with E-state index < -0.39 is 9.84 Å². The van der Waals surface area contributed by atoms with Gasteiger partial charge in [0.1, 0.15) is 5.75 Å². The van der Waals surface area contributed by atoms with Gasteiger partial charge in [-0.05, 0) is 62.5 Å². The van der Waals surface area contributed by atoms with Gasteiger partial charge in [0.15, 0.2) is 15.5 Å². The number of hydrogen-bond acceptors (Lipinski definition) is 6. The summed E-state index contributed by atoms with van der Waals surface area (Å²) in [5, 5.41) is 0.620. The van der Waals surface area contributed by atoms with Crippen molar-refractivity contribution in [3.63, 3.8) is 0 Å². The number of ether oxygens (including phenoxy) is 1. The summed E-state index contributed by atoms with van der Waals surface area (Å²) in [6, 6.07) is 7.34. The highest BCUT2D eigenvalue weighted by Crippen LogP contribution is 2.23. The Balaban J connectivity index is 1.29. The van der Waals surface area contributed by atoms with Gasteiger partial charge in [0.2, 0.25) is 0 Å². The van der Waals surface area contributed by atoms with Crippen molar-refractivity contribution >= 4 is 31.9 Å². The molecule has 8 nitrogen and oxygen atoms in total. The fourth-order valence-corrected chi connectivity index (χ4v) is 6.06. The Morgan fingerprint density at radius 3 is 2.71 bits per heavy atom.